The van der Waals surface area contributed by atoms with Crippen molar-refractivity contribution < 1.29 is 19.1 Å². The molecule has 3 N–H and O–H groups in total. The molecule has 0 spiro atoms. The minimum absolute atomic E-state index is 0.00221. The van der Waals surface area contributed by atoms with Gasteiger partial charge in [-0.2, -0.15) is 0 Å². The number of carbonyl (C=O) groups is 3. The molecule has 0 bridgehead atoms. The van der Waals surface area contributed by atoms with Crippen LogP contribution in [-0.4, -0.2) is 66.7 Å². The van der Waals surface area contributed by atoms with Crippen LogP contribution < -0.4 is 16.0 Å². The van der Waals surface area contributed by atoms with E-state index in [9.17, 15) is 14.4 Å². The van der Waals surface area contributed by atoms with E-state index in [1.165, 1.54) is 5.56 Å². The van der Waals surface area contributed by atoms with E-state index in [2.05, 4.69) is 35.0 Å². The van der Waals surface area contributed by atoms with Crippen LogP contribution in [0.4, 0.5) is 4.79 Å². The topological polar surface area (TPSA) is 99.8 Å². The Balaban J connectivity index is 1.43. The Kier molecular flexibility index (Phi) is 11.0. The van der Waals surface area contributed by atoms with Crippen molar-refractivity contribution in [2.24, 2.45) is 0 Å². The first-order valence-corrected chi connectivity index (χ1v) is 15.4. The minimum Gasteiger partial charge on any atom is -0.444 e. The first-order chi connectivity index (χ1) is 20.5. The van der Waals surface area contributed by atoms with E-state index < -0.39 is 17.7 Å². The number of fused-ring (bicyclic) bond motifs is 1. The molecule has 43 heavy (non-hydrogen) atoms. The Morgan fingerprint density at radius 2 is 1.77 bits per heavy atom. The minimum atomic E-state index is -0.606. The number of ether oxygens (including phenoxy) is 1. The summed E-state index contributed by atoms with van der Waals surface area (Å²) in [7, 11) is 0. The number of hydrogen-bond acceptors (Lipinski definition) is 5. The predicted molar refractivity (Wildman–Crippen MR) is 172 cm³/mol. The fourth-order valence-electron chi connectivity index (χ4n) is 5.40. The number of hydrogen-bond donors (Lipinski definition) is 3. The summed E-state index contributed by atoms with van der Waals surface area (Å²) < 4.78 is 5.36. The van der Waals surface area contributed by atoms with Crippen molar-refractivity contribution in [1.82, 2.24) is 20.9 Å². The first kappa shape index (κ1) is 32.3. The van der Waals surface area contributed by atoms with Gasteiger partial charge in [0.2, 0.25) is 5.91 Å². The highest BCUT2D eigenvalue weighted by Crippen LogP contribution is 2.23. The zero-order valence-corrected chi connectivity index (χ0v) is 26.2. The van der Waals surface area contributed by atoms with Crippen LogP contribution >= 0.6 is 11.6 Å². The molecule has 1 aliphatic heterocycles. The zero-order chi connectivity index (χ0) is 31.0. The van der Waals surface area contributed by atoms with Gasteiger partial charge < -0.3 is 25.6 Å². The molecule has 0 saturated carbocycles. The largest absolute Gasteiger partial charge is 0.444 e. The Labute approximate surface area is 259 Å². The number of amides is 3. The second kappa shape index (κ2) is 14.7. The third kappa shape index (κ3) is 9.43. The molecule has 4 rings (SSSR count). The van der Waals surface area contributed by atoms with Crippen molar-refractivity contribution in [2.45, 2.75) is 70.6 Å². The average Bonchev–Trinajstić information content (AvgIpc) is 3.12. The van der Waals surface area contributed by atoms with Crippen LogP contribution in [-0.2, 0) is 9.53 Å². The molecule has 3 atom stereocenters. The van der Waals surface area contributed by atoms with E-state index >= 15 is 0 Å². The molecule has 1 fully saturated rings. The Morgan fingerprint density at radius 1 is 1.05 bits per heavy atom. The lowest BCUT2D eigenvalue weighted by Gasteiger charge is -2.28. The standard InChI is InChI=1S/C34H43ClN4O4/c1-5-23(24-9-7-6-8-10-24)22-39-18-16-29(38-30(32(39)41)15-17-36-33(42)43-34(2,3)4)21-37-31(40)27-12-11-26-20-28(35)14-13-25(26)19-27/h6-14,19-20,23,29-30,38H,5,15-18,21-22H2,1-4H3,(H,36,42)(H,37,40). The average molecular weight is 607 g/mol. The Morgan fingerprint density at radius 3 is 2.49 bits per heavy atom. The molecular formula is C34H43ClN4O4. The molecule has 1 aliphatic rings. The van der Waals surface area contributed by atoms with Crippen molar-refractivity contribution in [3.63, 3.8) is 0 Å². The summed E-state index contributed by atoms with van der Waals surface area (Å²) in [6.45, 7) is 9.39. The summed E-state index contributed by atoms with van der Waals surface area (Å²) >= 11 is 6.10. The van der Waals surface area contributed by atoms with E-state index in [1.54, 1.807) is 6.07 Å². The number of nitrogens with zero attached hydrogens (tertiary/aromatic N) is 1. The third-order valence-corrected chi connectivity index (χ3v) is 7.91. The van der Waals surface area contributed by atoms with Crippen molar-refractivity contribution in [3.8, 4) is 0 Å². The molecule has 3 aromatic rings. The van der Waals surface area contributed by atoms with Gasteiger partial charge in [-0.05, 0) is 80.6 Å². The van der Waals surface area contributed by atoms with Gasteiger partial charge in [0.1, 0.15) is 5.60 Å². The summed E-state index contributed by atoms with van der Waals surface area (Å²) in [5.41, 5.74) is 1.16. The molecule has 0 aliphatic carbocycles. The van der Waals surface area contributed by atoms with E-state index in [4.69, 9.17) is 16.3 Å². The number of carbonyl (C=O) groups excluding carboxylic acids is 3. The van der Waals surface area contributed by atoms with Gasteiger partial charge in [0, 0.05) is 48.7 Å². The molecule has 3 aromatic carbocycles. The van der Waals surface area contributed by atoms with Crippen molar-refractivity contribution in [3.05, 3.63) is 82.9 Å². The SMILES string of the molecule is CCC(CN1CCC(CNC(=O)c2ccc3cc(Cl)ccc3c2)NC(CCNC(=O)OC(C)(C)C)C1=O)c1ccccc1. The maximum atomic E-state index is 13.8. The molecular weight excluding hydrogens is 564 g/mol. The maximum absolute atomic E-state index is 13.8. The monoisotopic (exact) mass is 606 g/mol. The summed E-state index contributed by atoms with van der Waals surface area (Å²) in [4.78, 5) is 41.1. The van der Waals surface area contributed by atoms with Crippen molar-refractivity contribution >= 4 is 40.3 Å². The normalized spacial score (nSPS) is 18.2. The quantitative estimate of drug-likeness (QED) is 0.267. The molecule has 8 nitrogen and oxygen atoms in total. The van der Waals surface area contributed by atoms with E-state index in [1.807, 2.05) is 74.2 Å². The lowest BCUT2D eigenvalue weighted by molar-refractivity contribution is -0.133. The van der Waals surface area contributed by atoms with E-state index in [-0.39, 0.29) is 30.3 Å². The molecule has 230 valence electrons. The third-order valence-electron chi connectivity index (χ3n) is 7.67. The first-order valence-electron chi connectivity index (χ1n) is 15.1. The van der Waals surface area contributed by atoms with Crippen molar-refractivity contribution in [2.75, 3.05) is 26.2 Å². The summed E-state index contributed by atoms with van der Waals surface area (Å²) in [5, 5.41) is 11.9. The smallest absolute Gasteiger partial charge is 0.407 e. The van der Waals surface area contributed by atoms with E-state index in [0.29, 0.717) is 43.1 Å². The van der Waals surface area contributed by atoms with Crippen LogP contribution in [0.1, 0.15) is 68.8 Å². The fraction of sp³-hybridized carbons (Fsp3) is 0.441. The predicted octanol–water partition coefficient (Wildman–Crippen LogP) is 5.89. The highest BCUT2D eigenvalue weighted by atomic mass is 35.5. The van der Waals surface area contributed by atoms with Gasteiger partial charge in [-0.15, -0.1) is 0 Å². The Bertz CT molecular complexity index is 1410. The second-order valence-corrected chi connectivity index (χ2v) is 12.6. The van der Waals surface area contributed by atoms with Crippen LogP contribution in [0.2, 0.25) is 5.02 Å². The van der Waals surface area contributed by atoms with Gasteiger partial charge in [0.15, 0.2) is 0 Å². The summed E-state index contributed by atoms with van der Waals surface area (Å²) in [6, 6.07) is 20.7. The van der Waals surface area contributed by atoms with Crippen LogP contribution in [0.25, 0.3) is 10.8 Å². The molecule has 1 heterocycles. The number of halogens is 1. The number of benzene rings is 3. The van der Waals surface area contributed by atoms with Gasteiger partial charge in [0.25, 0.3) is 5.91 Å². The van der Waals surface area contributed by atoms with Crippen LogP contribution in [0.5, 0.6) is 0 Å². The molecule has 9 heteroatoms. The number of rotatable bonds is 10. The van der Waals surface area contributed by atoms with Gasteiger partial charge in [0.05, 0.1) is 6.04 Å². The summed E-state index contributed by atoms with van der Waals surface area (Å²) in [5.74, 6) is 0.0384. The van der Waals surface area contributed by atoms with Crippen LogP contribution in [0.15, 0.2) is 66.7 Å². The summed E-state index contributed by atoms with van der Waals surface area (Å²) in [6.07, 6.45) is 1.48. The van der Waals surface area contributed by atoms with Gasteiger partial charge in [-0.3, -0.25) is 9.59 Å². The molecule has 1 saturated heterocycles. The zero-order valence-electron chi connectivity index (χ0n) is 25.5. The van der Waals surface area contributed by atoms with Crippen LogP contribution in [0, 0.1) is 0 Å². The fourth-order valence-corrected chi connectivity index (χ4v) is 5.58. The lowest BCUT2D eigenvalue weighted by atomic mass is 9.95. The maximum Gasteiger partial charge on any atom is 0.407 e. The second-order valence-electron chi connectivity index (χ2n) is 12.1. The van der Waals surface area contributed by atoms with E-state index in [0.717, 1.165) is 17.2 Å². The highest BCUT2D eigenvalue weighted by molar-refractivity contribution is 6.31. The highest BCUT2D eigenvalue weighted by Gasteiger charge is 2.32. The number of nitrogens with one attached hydrogen (secondary N) is 3. The molecule has 0 aromatic heterocycles. The molecule has 0 radical (unpaired) electrons. The van der Waals surface area contributed by atoms with Crippen LogP contribution in [0.3, 0.4) is 0 Å². The van der Waals surface area contributed by atoms with Gasteiger partial charge in [-0.1, -0.05) is 61.0 Å². The Hall–Kier alpha value is -3.62. The number of alkyl carbamates (subject to hydrolysis) is 1. The van der Waals surface area contributed by atoms with Gasteiger partial charge in [-0.25, -0.2) is 4.79 Å². The van der Waals surface area contributed by atoms with Crippen molar-refractivity contribution in [1.29, 1.82) is 0 Å². The lowest BCUT2D eigenvalue weighted by Crippen LogP contribution is -2.50. The molecule has 3 amide bonds. The molecule has 3 unspecified atom stereocenters. The van der Waals surface area contributed by atoms with Gasteiger partial charge >= 0.3 is 6.09 Å².